The van der Waals surface area contributed by atoms with Crippen molar-refractivity contribution in [3.05, 3.63) is 23.0 Å². The maximum Gasteiger partial charge on any atom is 0.0812 e. The highest BCUT2D eigenvalue weighted by molar-refractivity contribution is 7.99. The van der Waals surface area contributed by atoms with E-state index in [-0.39, 0.29) is 11.5 Å². The molecule has 2 nitrogen and oxygen atoms in total. The van der Waals surface area contributed by atoms with Crippen LogP contribution in [0.15, 0.2) is 6.07 Å². The zero-order valence-corrected chi connectivity index (χ0v) is 13.1. The number of aliphatic hydroxyl groups excluding tert-OH is 1. The minimum Gasteiger partial charge on any atom is -0.388 e. The average molecular weight is 279 g/mol. The van der Waals surface area contributed by atoms with E-state index in [9.17, 15) is 5.11 Å². The summed E-state index contributed by atoms with van der Waals surface area (Å²) in [4.78, 5) is 0. The van der Waals surface area contributed by atoms with Gasteiger partial charge >= 0.3 is 0 Å². The van der Waals surface area contributed by atoms with Crippen LogP contribution in [0.25, 0.3) is 0 Å². The molecule has 0 saturated carbocycles. The summed E-state index contributed by atoms with van der Waals surface area (Å²) in [6.07, 6.45) is 4.35. The predicted octanol–water partition coefficient (Wildman–Crippen LogP) is 3.87. The Hall–Kier alpha value is -0.410. The van der Waals surface area contributed by atoms with Crippen LogP contribution in [-0.4, -0.2) is 21.2 Å². The first-order valence-electron chi connectivity index (χ1n) is 7.44. The third-order valence-corrected chi connectivity index (χ3v) is 5.82. The van der Waals surface area contributed by atoms with E-state index in [0.717, 1.165) is 12.8 Å². The molecule has 1 aliphatic carbocycles. The van der Waals surface area contributed by atoms with Crippen molar-refractivity contribution in [1.82, 2.24) is 4.57 Å². The number of aliphatic hydroxyl groups is 1. The maximum absolute atomic E-state index is 10.4. The van der Waals surface area contributed by atoms with Crippen LogP contribution in [0.4, 0.5) is 0 Å². The number of aryl methyl sites for hydroxylation is 1. The van der Waals surface area contributed by atoms with Crippen molar-refractivity contribution in [3.8, 4) is 0 Å². The molecule has 2 aliphatic rings. The molecular formula is C16H25NOS. The summed E-state index contributed by atoms with van der Waals surface area (Å²) in [6, 6.07) is 2.87. The van der Waals surface area contributed by atoms with Crippen LogP contribution in [0.1, 0.15) is 62.2 Å². The molecule has 1 aliphatic heterocycles. The fraction of sp³-hybridized carbons (Fsp3) is 0.750. The van der Waals surface area contributed by atoms with E-state index in [0.29, 0.717) is 6.04 Å². The molecule has 3 rings (SSSR count). The van der Waals surface area contributed by atoms with Crippen molar-refractivity contribution in [1.29, 1.82) is 0 Å². The molecule has 3 heteroatoms. The summed E-state index contributed by atoms with van der Waals surface area (Å²) in [7, 11) is 0. The van der Waals surface area contributed by atoms with Crippen LogP contribution in [0.5, 0.6) is 0 Å². The molecule has 1 aromatic rings. The highest BCUT2D eigenvalue weighted by atomic mass is 32.2. The van der Waals surface area contributed by atoms with Crippen molar-refractivity contribution in [3.63, 3.8) is 0 Å². The Morgan fingerprint density at radius 1 is 1.42 bits per heavy atom. The first-order valence-corrected chi connectivity index (χ1v) is 8.60. The molecular weight excluding hydrogens is 254 g/mol. The third kappa shape index (κ3) is 2.47. The maximum atomic E-state index is 10.4. The average Bonchev–Trinajstić information content (AvgIpc) is 2.65. The van der Waals surface area contributed by atoms with Gasteiger partial charge in [-0.25, -0.2) is 0 Å². The number of hydrogen-bond acceptors (Lipinski definition) is 2. The number of aromatic nitrogens is 1. The number of thioether (sulfide) groups is 1. The van der Waals surface area contributed by atoms with Crippen molar-refractivity contribution < 1.29 is 5.11 Å². The summed E-state index contributed by atoms with van der Waals surface area (Å²) in [5.74, 6) is 2.55. The van der Waals surface area contributed by atoms with Gasteiger partial charge in [-0.15, -0.1) is 0 Å². The molecule has 2 unspecified atom stereocenters. The fourth-order valence-electron chi connectivity index (χ4n) is 3.80. The van der Waals surface area contributed by atoms with Gasteiger partial charge in [-0.05, 0) is 49.8 Å². The highest BCUT2D eigenvalue weighted by Gasteiger charge is 2.35. The van der Waals surface area contributed by atoms with Gasteiger partial charge in [0, 0.05) is 28.7 Å². The van der Waals surface area contributed by atoms with E-state index >= 15 is 0 Å². The zero-order valence-electron chi connectivity index (χ0n) is 12.3. The van der Waals surface area contributed by atoms with Crippen LogP contribution in [0.3, 0.4) is 0 Å². The lowest BCUT2D eigenvalue weighted by Crippen LogP contribution is -2.29. The lowest BCUT2D eigenvalue weighted by atomic mass is 9.75. The minimum absolute atomic E-state index is 0.219. The van der Waals surface area contributed by atoms with E-state index in [1.54, 1.807) is 0 Å². The molecule has 1 aromatic heterocycles. The molecule has 2 atom stereocenters. The second-order valence-electron chi connectivity index (χ2n) is 6.99. The van der Waals surface area contributed by atoms with Crippen molar-refractivity contribution in [2.45, 2.75) is 58.6 Å². The smallest absolute Gasteiger partial charge is 0.0812 e. The summed E-state index contributed by atoms with van der Waals surface area (Å²) < 4.78 is 2.55. The molecule has 1 fully saturated rings. The number of fused-ring (bicyclic) bond motifs is 1. The van der Waals surface area contributed by atoms with E-state index < -0.39 is 0 Å². The lowest BCUT2D eigenvalue weighted by Gasteiger charge is -2.36. The Balaban J connectivity index is 2.01. The molecule has 0 bridgehead atoms. The van der Waals surface area contributed by atoms with Gasteiger partial charge in [0.2, 0.25) is 0 Å². The van der Waals surface area contributed by atoms with E-state index in [1.807, 2.05) is 0 Å². The van der Waals surface area contributed by atoms with E-state index in [4.69, 9.17) is 0 Å². The Kier molecular flexibility index (Phi) is 3.46. The van der Waals surface area contributed by atoms with E-state index in [1.165, 1.54) is 41.3 Å². The Morgan fingerprint density at radius 2 is 2.21 bits per heavy atom. The van der Waals surface area contributed by atoms with Crippen molar-refractivity contribution >= 4 is 11.8 Å². The first-order chi connectivity index (χ1) is 8.98. The van der Waals surface area contributed by atoms with Gasteiger partial charge < -0.3 is 9.67 Å². The molecule has 0 radical (unpaired) electrons. The van der Waals surface area contributed by atoms with Crippen LogP contribution in [0.2, 0.25) is 0 Å². The van der Waals surface area contributed by atoms with Crippen LogP contribution < -0.4 is 0 Å². The first kappa shape index (κ1) is 13.6. The second-order valence-corrected chi connectivity index (χ2v) is 8.14. The summed E-state index contributed by atoms with van der Waals surface area (Å²) in [6.45, 7) is 6.76. The molecule has 1 saturated heterocycles. The topological polar surface area (TPSA) is 25.2 Å². The standard InChI is InChI=1S/C16H25NOS/c1-11-7-13-14(8-16(2,3)9-15(13)18)17(11)12-5-4-6-19-10-12/h7,12,15,18H,4-6,8-10H2,1-3H3. The Bertz CT molecular complexity index is 471. The van der Waals surface area contributed by atoms with Gasteiger partial charge in [0.15, 0.2) is 0 Å². The number of hydrogen-bond donors (Lipinski definition) is 1. The quantitative estimate of drug-likeness (QED) is 0.844. The highest BCUT2D eigenvalue weighted by Crippen LogP contribution is 2.44. The summed E-state index contributed by atoms with van der Waals surface area (Å²) >= 11 is 2.08. The zero-order chi connectivity index (χ0) is 13.6. The van der Waals surface area contributed by atoms with Crippen molar-refractivity contribution in [2.24, 2.45) is 5.41 Å². The molecule has 0 spiro atoms. The van der Waals surface area contributed by atoms with Gasteiger partial charge in [-0.3, -0.25) is 0 Å². The van der Waals surface area contributed by atoms with Gasteiger partial charge in [0.25, 0.3) is 0 Å². The predicted molar refractivity (Wildman–Crippen MR) is 81.8 cm³/mol. The Morgan fingerprint density at radius 3 is 2.89 bits per heavy atom. The van der Waals surface area contributed by atoms with Gasteiger partial charge in [0.05, 0.1) is 6.10 Å². The fourth-order valence-corrected chi connectivity index (χ4v) is 4.93. The molecule has 0 amide bonds. The van der Waals surface area contributed by atoms with Gasteiger partial charge in [0.1, 0.15) is 0 Å². The second kappa shape index (κ2) is 4.85. The van der Waals surface area contributed by atoms with Crippen molar-refractivity contribution in [2.75, 3.05) is 11.5 Å². The largest absolute Gasteiger partial charge is 0.388 e. The number of nitrogens with zero attached hydrogens (tertiary/aromatic N) is 1. The summed E-state index contributed by atoms with van der Waals surface area (Å²) in [5, 5.41) is 10.4. The molecule has 1 N–H and O–H groups in total. The SMILES string of the molecule is Cc1cc2c(n1C1CCCSC1)CC(C)(C)CC2O. The van der Waals surface area contributed by atoms with Crippen LogP contribution in [0, 0.1) is 12.3 Å². The third-order valence-electron chi connectivity index (χ3n) is 4.62. The molecule has 2 heterocycles. The lowest BCUT2D eigenvalue weighted by molar-refractivity contribution is 0.0975. The molecule has 106 valence electrons. The normalized spacial score (nSPS) is 30.1. The van der Waals surface area contributed by atoms with Gasteiger partial charge in [-0.2, -0.15) is 11.8 Å². The van der Waals surface area contributed by atoms with Gasteiger partial charge in [-0.1, -0.05) is 13.8 Å². The number of rotatable bonds is 1. The van der Waals surface area contributed by atoms with E-state index in [2.05, 4.69) is 43.2 Å². The molecule has 19 heavy (non-hydrogen) atoms. The van der Waals surface area contributed by atoms with Crippen LogP contribution >= 0.6 is 11.8 Å². The monoisotopic (exact) mass is 279 g/mol. The Labute approximate surface area is 120 Å². The van der Waals surface area contributed by atoms with Crippen LogP contribution in [-0.2, 0) is 6.42 Å². The molecule has 0 aromatic carbocycles. The minimum atomic E-state index is -0.269. The summed E-state index contributed by atoms with van der Waals surface area (Å²) in [5.41, 5.74) is 4.17.